The van der Waals surface area contributed by atoms with Crippen LogP contribution >= 0.6 is 0 Å². The van der Waals surface area contributed by atoms with Crippen molar-refractivity contribution in [3.05, 3.63) is 0 Å². The smallest absolute Gasteiger partial charge is 0.222 e. The number of carbonyl (C=O) groups excluding carboxylic acids is 1. The van der Waals surface area contributed by atoms with Crippen LogP contribution in [0.3, 0.4) is 0 Å². The molecule has 0 aliphatic carbocycles. The normalized spacial score (nSPS) is 24.7. The minimum absolute atomic E-state index is 0.325. The Morgan fingerprint density at radius 2 is 2.36 bits per heavy atom. The van der Waals surface area contributed by atoms with Crippen LogP contribution < -0.4 is 0 Å². The Balaban J connectivity index is 2.30. The number of nitrogens with zero attached hydrogens (tertiary/aromatic N) is 1. The van der Waals surface area contributed by atoms with Gasteiger partial charge in [0.1, 0.15) is 0 Å². The van der Waals surface area contributed by atoms with Gasteiger partial charge in [-0.25, -0.2) is 0 Å². The molecule has 1 rings (SSSR count). The first-order valence-corrected chi connectivity index (χ1v) is 4.51. The van der Waals surface area contributed by atoms with E-state index in [0.29, 0.717) is 11.9 Å². The lowest BCUT2D eigenvalue weighted by molar-refractivity contribution is -0.127. The largest absolute Gasteiger partial charge is 0.343 e. The van der Waals surface area contributed by atoms with E-state index in [1.807, 2.05) is 11.9 Å². The van der Waals surface area contributed by atoms with Gasteiger partial charge in [0.05, 0.1) is 0 Å². The van der Waals surface area contributed by atoms with Crippen molar-refractivity contribution in [3.63, 3.8) is 0 Å². The van der Waals surface area contributed by atoms with Crippen molar-refractivity contribution in [1.29, 1.82) is 0 Å². The lowest BCUT2D eigenvalue weighted by Gasteiger charge is -2.18. The van der Waals surface area contributed by atoms with E-state index >= 15 is 0 Å². The molecule has 0 radical (unpaired) electrons. The van der Waals surface area contributed by atoms with Crippen LogP contribution in [0.4, 0.5) is 0 Å². The average molecular weight is 155 g/mol. The van der Waals surface area contributed by atoms with Gasteiger partial charge in [0.2, 0.25) is 5.91 Å². The molecule has 0 N–H and O–H groups in total. The number of hydrogen-bond donors (Lipinski definition) is 0. The van der Waals surface area contributed by atoms with Gasteiger partial charge < -0.3 is 4.90 Å². The molecule has 64 valence electrons. The summed E-state index contributed by atoms with van der Waals surface area (Å²) >= 11 is 0. The van der Waals surface area contributed by atoms with Gasteiger partial charge in [0.15, 0.2) is 0 Å². The molecule has 1 atom stereocenters. The van der Waals surface area contributed by atoms with E-state index in [1.165, 1.54) is 19.3 Å². The first kappa shape index (κ1) is 8.57. The van der Waals surface area contributed by atoms with Gasteiger partial charge in [0.25, 0.3) is 0 Å². The molecule has 0 bridgehead atoms. The molecule has 0 aromatic heterocycles. The van der Waals surface area contributed by atoms with Crippen LogP contribution in [0.15, 0.2) is 0 Å². The topological polar surface area (TPSA) is 20.3 Å². The van der Waals surface area contributed by atoms with Crippen LogP contribution in [0.2, 0.25) is 0 Å². The molecule has 1 saturated heterocycles. The fourth-order valence-electron chi connectivity index (χ4n) is 1.64. The zero-order valence-corrected chi connectivity index (χ0v) is 7.47. The third kappa shape index (κ3) is 1.95. The highest BCUT2D eigenvalue weighted by Crippen LogP contribution is 2.20. The van der Waals surface area contributed by atoms with Crippen molar-refractivity contribution < 1.29 is 4.79 Å². The monoisotopic (exact) mass is 155 g/mol. The number of amides is 1. The van der Waals surface area contributed by atoms with E-state index in [9.17, 15) is 4.79 Å². The summed E-state index contributed by atoms with van der Waals surface area (Å²) in [5, 5.41) is 0. The van der Waals surface area contributed by atoms with Crippen LogP contribution in [-0.2, 0) is 4.79 Å². The third-order valence-electron chi connectivity index (χ3n) is 2.52. The Kier molecular flexibility index (Phi) is 2.92. The van der Waals surface area contributed by atoms with E-state index < -0.39 is 0 Å². The second kappa shape index (κ2) is 3.74. The van der Waals surface area contributed by atoms with Crippen LogP contribution in [0, 0.1) is 0 Å². The number of likely N-dealkylation sites (tertiary alicyclic amines) is 1. The molecule has 2 nitrogen and oxygen atoms in total. The Bertz CT molecular complexity index is 144. The number of unbranched alkanes of at least 4 members (excludes halogenated alkanes) is 1. The summed E-state index contributed by atoms with van der Waals surface area (Å²) in [6, 6.07) is 0.544. The third-order valence-corrected chi connectivity index (χ3v) is 2.52. The first-order chi connectivity index (χ1) is 5.25. The van der Waals surface area contributed by atoms with Crippen LogP contribution in [0.1, 0.15) is 39.0 Å². The van der Waals surface area contributed by atoms with E-state index in [-0.39, 0.29) is 0 Å². The Labute approximate surface area is 68.6 Å². The molecule has 0 saturated carbocycles. The molecule has 1 aliphatic heterocycles. The second-order valence-corrected chi connectivity index (χ2v) is 3.34. The SMILES string of the molecule is CCCC[C@@H]1CCC(=O)N1C. The fourth-order valence-corrected chi connectivity index (χ4v) is 1.64. The summed E-state index contributed by atoms with van der Waals surface area (Å²) in [5.41, 5.74) is 0. The molecule has 1 aliphatic rings. The molecule has 2 heteroatoms. The van der Waals surface area contributed by atoms with Crippen molar-refractivity contribution in [2.45, 2.75) is 45.1 Å². The van der Waals surface area contributed by atoms with Gasteiger partial charge in [-0.1, -0.05) is 19.8 Å². The molecule has 11 heavy (non-hydrogen) atoms. The maximum Gasteiger partial charge on any atom is 0.222 e. The van der Waals surface area contributed by atoms with Crippen molar-refractivity contribution in [2.75, 3.05) is 7.05 Å². The quantitative estimate of drug-likeness (QED) is 0.608. The van der Waals surface area contributed by atoms with Gasteiger partial charge in [-0.05, 0) is 12.8 Å². The van der Waals surface area contributed by atoms with Crippen LogP contribution in [-0.4, -0.2) is 23.9 Å². The zero-order chi connectivity index (χ0) is 8.27. The zero-order valence-electron chi connectivity index (χ0n) is 7.47. The maximum atomic E-state index is 11.1. The predicted molar refractivity (Wildman–Crippen MR) is 45.3 cm³/mol. The molecule has 1 amide bonds. The molecule has 1 fully saturated rings. The molecular formula is C9H17NO. The Hall–Kier alpha value is -0.530. The highest BCUT2D eigenvalue weighted by atomic mass is 16.2. The lowest BCUT2D eigenvalue weighted by Crippen LogP contribution is -2.28. The molecule has 0 aromatic rings. The predicted octanol–water partition coefficient (Wildman–Crippen LogP) is 1.80. The number of rotatable bonds is 3. The van der Waals surface area contributed by atoms with Crippen LogP contribution in [0.5, 0.6) is 0 Å². The second-order valence-electron chi connectivity index (χ2n) is 3.34. The molecule has 0 aromatic carbocycles. The summed E-state index contributed by atoms with van der Waals surface area (Å²) in [4.78, 5) is 13.0. The van der Waals surface area contributed by atoms with Gasteiger partial charge in [0, 0.05) is 19.5 Å². The first-order valence-electron chi connectivity index (χ1n) is 4.51. The van der Waals surface area contributed by atoms with Gasteiger partial charge in [-0.3, -0.25) is 4.79 Å². The number of carbonyl (C=O) groups is 1. The summed E-state index contributed by atoms with van der Waals surface area (Å²) < 4.78 is 0. The van der Waals surface area contributed by atoms with Gasteiger partial charge in [-0.15, -0.1) is 0 Å². The van der Waals surface area contributed by atoms with Crippen molar-refractivity contribution in [1.82, 2.24) is 4.90 Å². The molecule has 1 heterocycles. The lowest BCUT2D eigenvalue weighted by atomic mass is 10.1. The minimum atomic E-state index is 0.325. The van der Waals surface area contributed by atoms with E-state index in [1.54, 1.807) is 0 Å². The Morgan fingerprint density at radius 3 is 2.82 bits per heavy atom. The standard InChI is InChI=1S/C9H17NO/c1-3-4-5-8-6-7-9(11)10(8)2/h8H,3-7H2,1-2H3/t8-/m1/s1. The van der Waals surface area contributed by atoms with Gasteiger partial charge in [-0.2, -0.15) is 0 Å². The van der Waals surface area contributed by atoms with Crippen molar-refractivity contribution >= 4 is 5.91 Å². The summed E-state index contributed by atoms with van der Waals surface area (Å²) in [6.45, 7) is 2.19. The van der Waals surface area contributed by atoms with Crippen LogP contribution in [0.25, 0.3) is 0 Å². The van der Waals surface area contributed by atoms with Crippen molar-refractivity contribution in [3.8, 4) is 0 Å². The molecule has 0 unspecified atom stereocenters. The molecular weight excluding hydrogens is 138 g/mol. The summed E-state index contributed by atoms with van der Waals surface area (Å²) in [6.07, 6.45) is 5.53. The maximum absolute atomic E-state index is 11.1. The highest BCUT2D eigenvalue weighted by molar-refractivity contribution is 5.78. The van der Waals surface area contributed by atoms with Crippen molar-refractivity contribution in [2.24, 2.45) is 0 Å². The minimum Gasteiger partial charge on any atom is -0.343 e. The Morgan fingerprint density at radius 1 is 1.64 bits per heavy atom. The summed E-state index contributed by atoms with van der Waals surface area (Å²) in [5.74, 6) is 0.325. The average Bonchev–Trinajstić information content (AvgIpc) is 2.31. The van der Waals surface area contributed by atoms with Gasteiger partial charge >= 0.3 is 0 Å². The fraction of sp³-hybridized carbons (Fsp3) is 0.889. The number of hydrogen-bond acceptors (Lipinski definition) is 1. The highest BCUT2D eigenvalue weighted by Gasteiger charge is 2.26. The summed E-state index contributed by atoms with van der Waals surface area (Å²) in [7, 11) is 1.93. The van der Waals surface area contributed by atoms with E-state index in [4.69, 9.17) is 0 Å². The van der Waals surface area contributed by atoms with E-state index in [2.05, 4.69) is 6.92 Å². The van der Waals surface area contributed by atoms with E-state index in [0.717, 1.165) is 12.8 Å². The molecule has 0 spiro atoms.